The predicted molar refractivity (Wildman–Crippen MR) is 104 cm³/mol. The van der Waals surface area contributed by atoms with E-state index in [9.17, 15) is 4.79 Å². The molecule has 8 heteroatoms. The molecule has 154 valence electrons. The zero-order valence-corrected chi connectivity index (χ0v) is 18.1. The van der Waals surface area contributed by atoms with Crippen LogP contribution in [-0.2, 0) is 24.0 Å². The van der Waals surface area contributed by atoms with E-state index in [1.54, 1.807) is 18.0 Å². The van der Waals surface area contributed by atoms with Crippen LogP contribution in [0, 0.1) is 23.7 Å². The van der Waals surface area contributed by atoms with Gasteiger partial charge in [0.05, 0.1) is 0 Å². The Bertz CT molecular complexity index is 576. The summed E-state index contributed by atoms with van der Waals surface area (Å²) in [7, 11) is 0. The van der Waals surface area contributed by atoms with Gasteiger partial charge in [0.15, 0.2) is 11.9 Å². The Morgan fingerprint density at radius 3 is 2.78 bits per heavy atom. The Hall–Kier alpha value is 0.01000. The minimum absolute atomic E-state index is 0.000729. The van der Waals surface area contributed by atoms with Crippen molar-refractivity contribution in [2.24, 2.45) is 23.7 Å². The fourth-order valence-electron chi connectivity index (χ4n) is 5.41. The Morgan fingerprint density at radius 2 is 2.00 bits per heavy atom. The first-order valence-corrected chi connectivity index (χ1v) is 12.2. The lowest BCUT2D eigenvalue weighted by atomic mass is 9.58. The molecule has 1 aliphatic carbocycles. The summed E-state index contributed by atoms with van der Waals surface area (Å²) in [5.74, 6) is 1.59. The number of fused-ring (bicyclic) bond motifs is 2. The van der Waals surface area contributed by atoms with Gasteiger partial charge in [-0.3, -0.25) is 0 Å². The van der Waals surface area contributed by atoms with Gasteiger partial charge in [-0.15, -0.1) is 11.8 Å². The molecule has 27 heavy (non-hydrogen) atoms. The lowest BCUT2D eigenvalue weighted by Gasteiger charge is -2.60. The molecule has 2 bridgehead atoms. The first-order valence-electron chi connectivity index (χ1n) is 9.92. The second-order valence-electron chi connectivity index (χ2n) is 8.45. The topological polar surface area (TPSA) is 63.2 Å². The van der Waals surface area contributed by atoms with Crippen molar-refractivity contribution >= 4 is 28.8 Å². The van der Waals surface area contributed by atoms with Crippen LogP contribution in [0.5, 0.6) is 0 Å². The Balaban J connectivity index is 1.51. The highest BCUT2D eigenvalue weighted by Crippen LogP contribution is 2.61. The van der Waals surface area contributed by atoms with Crippen molar-refractivity contribution in [2.45, 2.75) is 69.6 Å². The number of carbonyl (C=O) groups is 1. The summed E-state index contributed by atoms with van der Waals surface area (Å²) in [6, 6.07) is 0. The smallest absolute Gasteiger partial charge is 0.367 e. The molecular formula is C19H30O6S2. The molecule has 1 saturated carbocycles. The van der Waals surface area contributed by atoms with Crippen molar-refractivity contribution in [2.75, 3.05) is 18.6 Å². The van der Waals surface area contributed by atoms with Crippen LogP contribution in [-0.4, -0.2) is 47.0 Å². The van der Waals surface area contributed by atoms with Crippen molar-refractivity contribution in [3.63, 3.8) is 0 Å². The maximum absolute atomic E-state index is 11.3. The van der Waals surface area contributed by atoms with E-state index in [-0.39, 0.29) is 10.7 Å². The molecule has 8 atom stereocenters. The molecule has 6 nitrogen and oxygen atoms in total. The monoisotopic (exact) mass is 418 g/mol. The molecule has 4 heterocycles. The molecule has 5 rings (SSSR count). The number of hydrogen-bond acceptors (Lipinski definition) is 8. The number of ether oxygens (including phenoxy) is 3. The van der Waals surface area contributed by atoms with E-state index in [1.165, 1.54) is 6.42 Å². The highest BCUT2D eigenvalue weighted by Gasteiger charge is 2.69. The van der Waals surface area contributed by atoms with Gasteiger partial charge in [-0.2, -0.15) is 0 Å². The third-order valence-corrected chi connectivity index (χ3v) is 8.57. The molecule has 0 N–H and O–H groups in total. The average molecular weight is 419 g/mol. The summed E-state index contributed by atoms with van der Waals surface area (Å²) >= 11 is 2.80. The highest BCUT2D eigenvalue weighted by molar-refractivity contribution is 8.12. The molecular weight excluding hydrogens is 388 g/mol. The summed E-state index contributed by atoms with van der Waals surface area (Å²) < 4.78 is 18.0. The largest absolute Gasteiger partial charge is 0.457 e. The molecule has 5 fully saturated rings. The van der Waals surface area contributed by atoms with Gasteiger partial charge < -0.3 is 14.2 Å². The van der Waals surface area contributed by atoms with E-state index in [0.29, 0.717) is 36.0 Å². The number of hydrogen-bond donors (Lipinski definition) is 0. The molecule has 0 aromatic heterocycles. The quantitative estimate of drug-likeness (QED) is 0.377. The van der Waals surface area contributed by atoms with E-state index in [0.717, 1.165) is 31.0 Å². The summed E-state index contributed by atoms with van der Waals surface area (Å²) in [5.41, 5.74) is -0.505. The number of carbonyl (C=O) groups excluding carboxylic acids is 1. The molecule has 1 spiro atoms. The van der Waals surface area contributed by atoms with E-state index in [1.807, 2.05) is 6.92 Å². The number of thioether (sulfide) groups is 2. The second kappa shape index (κ2) is 7.69. The minimum Gasteiger partial charge on any atom is -0.457 e. The van der Waals surface area contributed by atoms with Crippen LogP contribution in [0.2, 0.25) is 0 Å². The van der Waals surface area contributed by atoms with E-state index in [2.05, 4.69) is 13.8 Å². The molecule has 0 radical (unpaired) electrons. The Labute approximate surface area is 169 Å². The first kappa shape index (κ1) is 20.3. The minimum atomic E-state index is -0.735. The van der Waals surface area contributed by atoms with Crippen molar-refractivity contribution in [1.29, 1.82) is 0 Å². The Morgan fingerprint density at radius 1 is 1.19 bits per heavy atom. The van der Waals surface area contributed by atoms with Crippen LogP contribution in [0.4, 0.5) is 4.79 Å². The first-order chi connectivity index (χ1) is 12.9. The fourth-order valence-corrected chi connectivity index (χ4v) is 6.70. The number of rotatable bonds is 4. The normalized spacial score (nSPS) is 48.6. The third-order valence-electron chi connectivity index (χ3n) is 6.85. The van der Waals surface area contributed by atoms with E-state index in [4.69, 9.17) is 24.0 Å². The third kappa shape index (κ3) is 3.44. The molecule has 0 aromatic carbocycles. The van der Waals surface area contributed by atoms with Crippen LogP contribution < -0.4 is 0 Å². The van der Waals surface area contributed by atoms with Gasteiger partial charge in [0.25, 0.3) is 0 Å². The van der Waals surface area contributed by atoms with Crippen LogP contribution >= 0.6 is 23.5 Å². The maximum atomic E-state index is 11.3. The van der Waals surface area contributed by atoms with Crippen molar-refractivity contribution in [3.05, 3.63) is 0 Å². The van der Waals surface area contributed by atoms with Gasteiger partial charge in [0.2, 0.25) is 5.79 Å². The summed E-state index contributed by atoms with van der Waals surface area (Å²) in [6.45, 7) is 6.91. The molecule has 1 unspecified atom stereocenters. The summed E-state index contributed by atoms with van der Waals surface area (Å²) in [6.07, 6.45) is 5.50. The van der Waals surface area contributed by atoms with Gasteiger partial charge >= 0.3 is 5.30 Å². The second-order valence-corrected chi connectivity index (χ2v) is 10.4. The molecule has 0 amide bonds. The van der Waals surface area contributed by atoms with E-state index < -0.39 is 17.7 Å². The van der Waals surface area contributed by atoms with E-state index >= 15 is 0 Å². The summed E-state index contributed by atoms with van der Waals surface area (Å²) in [5, 5.41) is -0.237. The lowest BCUT2D eigenvalue weighted by Crippen LogP contribution is -2.70. The lowest BCUT2D eigenvalue weighted by molar-refractivity contribution is -0.568. The zero-order valence-electron chi connectivity index (χ0n) is 16.5. The molecule has 5 aliphatic rings. The van der Waals surface area contributed by atoms with Crippen molar-refractivity contribution < 1.29 is 28.8 Å². The molecule has 4 aliphatic heterocycles. The van der Waals surface area contributed by atoms with Gasteiger partial charge in [-0.25, -0.2) is 14.6 Å². The molecule has 0 aromatic rings. The van der Waals surface area contributed by atoms with Gasteiger partial charge in [0, 0.05) is 18.1 Å². The average Bonchev–Trinajstić information content (AvgIpc) is 2.88. The van der Waals surface area contributed by atoms with Gasteiger partial charge in [-0.05, 0) is 62.0 Å². The summed E-state index contributed by atoms with van der Waals surface area (Å²) in [4.78, 5) is 23.3. The SMILES string of the molecule is CSC(=O)OCCS[C@@H]1O[C@@H]2OC3(C)CC[C@H]4[C@H](C)CC[C@@H]([C@H]1C)[C@@]24OO3. The van der Waals surface area contributed by atoms with Crippen LogP contribution in [0.3, 0.4) is 0 Å². The van der Waals surface area contributed by atoms with Crippen molar-refractivity contribution in [1.82, 2.24) is 0 Å². The van der Waals surface area contributed by atoms with Crippen LogP contribution in [0.25, 0.3) is 0 Å². The van der Waals surface area contributed by atoms with Crippen LogP contribution in [0.15, 0.2) is 0 Å². The Kier molecular flexibility index (Phi) is 5.78. The van der Waals surface area contributed by atoms with Gasteiger partial charge in [-0.1, -0.05) is 13.8 Å². The zero-order chi connectivity index (χ0) is 19.2. The predicted octanol–water partition coefficient (Wildman–Crippen LogP) is 4.43. The van der Waals surface area contributed by atoms with Crippen LogP contribution in [0.1, 0.15) is 46.5 Å². The fraction of sp³-hybridized carbons (Fsp3) is 0.947. The van der Waals surface area contributed by atoms with Crippen molar-refractivity contribution in [3.8, 4) is 0 Å². The highest BCUT2D eigenvalue weighted by atomic mass is 32.2. The molecule has 4 saturated heterocycles. The standard InChI is InChI=1S/C19H30O6S2/c1-11-5-6-14-12(2)15(27-10-9-21-17(20)26-4)22-16-19(14)13(11)7-8-18(3,23-16)24-25-19/h11-16H,5-10H2,1-4H3/t11-,12-,13+,14+,15+,16-,18?,19-/m1/s1. The maximum Gasteiger partial charge on any atom is 0.367 e. The van der Waals surface area contributed by atoms with Gasteiger partial charge in [0.1, 0.15) is 12.0 Å².